The highest BCUT2D eigenvalue weighted by Gasteiger charge is 2.22. The van der Waals surface area contributed by atoms with Crippen molar-refractivity contribution in [3.63, 3.8) is 0 Å². The van der Waals surface area contributed by atoms with Crippen LogP contribution in [0.25, 0.3) is 0 Å². The second-order valence-corrected chi connectivity index (χ2v) is 6.16. The number of halogens is 2. The van der Waals surface area contributed by atoms with Crippen LogP contribution < -0.4 is 9.64 Å². The van der Waals surface area contributed by atoms with E-state index in [9.17, 15) is 24.0 Å². The van der Waals surface area contributed by atoms with Crippen molar-refractivity contribution >= 4 is 11.4 Å². The van der Waals surface area contributed by atoms with Crippen LogP contribution in [-0.2, 0) is 6.42 Å². The quantitative estimate of drug-likeness (QED) is 0.630. The number of aliphatic hydroxyl groups excluding tert-OH is 1. The zero-order valence-electron chi connectivity index (χ0n) is 13.9. The number of β-amino-alcohol motifs (C(OH)–C–C–N with tert-alkyl or cyclic N) is 1. The molecule has 0 bridgehead atoms. The first-order valence-electron chi connectivity index (χ1n) is 8.22. The molecule has 138 valence electrons. The molecule has 0 fully saturated rings. The van der Waals surface area contributed by atoms with E-state index in [1.54, 1.807) is 11.0 Å². The zero-order valence-corrected chi connectivity index (χ0v) is 13.9. The molecule has 0 aromatic heterocycles. The normalized spacial score (nSPS) is 14.7. The maximum Gasteiger partial charge on any atom is 0.273 e. The minimum Gasteiger partial charge on any atom is -0.491 e. The van der Waals surface area contributed by atoms with Crippen LogP contribution in [0.5, 0.6) is 5.75 Å². The fourth-order valence-electron chi connectivity index (χ4n) is 3.03. The number of nitro groups is 1. The van der Waals surface area contributed by atoms with Gasteiger partial charge in [-0.3, -0.25) is 10.1 Å². The summed E-state index contributed by atoms with van der Waals surface area (Å²) < 4.78 is 32.3. The number of aryl methyl sites for hydroxylation is 1. The molecule has 0 spiro atoms. The number of nitrogens with zero attached hydrogens (tertiary/aromatic N) is 2. The van der Waals surface area contributed by atoms with Gasteiger partial charge in [0.25, 0.3) is 5.69 Å². The summed E-state index contributed by atoms with van der Waals surface area (Å²) in [6.07, 6.45) is 0.535. The highest BCUT2D eigenvalue weighted by molar-refractivity contribution is 5.56. The van der Waals surface area contributed by atoms with Crippen LogP contribution in [-0.4, -0.2) is 35.8 Å². The molecule has 0 radical (unpaired) electrons. The largest absolute Gasteiger partial charge is 0.491 e. The zero-order chi connectivity index (χ0) is 18.7. The van der Waals surface area contributed by atoms with Crippen molar-refractivity contribution in [3.8, 4) is 5.75 Å². The average Bonchev–Trinajstić information content (AvgIpc) is 2.62. The van der Waals surface area contributed by atoms with E-state index in [1.807, 2.05) is 0 Å². The third kappa shape index (κ3) is 4.08. The van der Waals surface area contributed by atoms with Crippen LogP contribution in [0.15, 0.2) is 36.4 Å². The number of fused-ring (bicyclic) bond motifs is 1. The van der Waals surface area contributed by atoms with Crippen molar-refractivity contribution in [2.75, 3.05) is 24.6 Å². The molecule has 6 nitrogen and oxygen atoms in total. The molecule has 0 unspecified atom stereocenters. The van der Waals surface area contributed by atoms with Crippen molar-refractivity contribution < 1.29 is 23.5 Å². The van der Waals surface area contributed by atoms with E-state index in [0.29, 0.717) is 24.2 Å². The van der Waals surface area contributed by atoms with Crippen LogP contribution in [0.1, 0.15) is 12.0 Å². The van der Waals surface area contributed by atoms with Gasteiger partial charge in [0.1, 0.15) is 18.5 Å². The van der Waals surface area contributed by atoms with Gasteiger partial charge in [-0.25, -0.2) is 8.78 Å². The Labute approximate surface area is 148 Å². The molecule has 26 heavy (non-hydrogen) atoms. The lowest BCUT2D eigenvalue weighted by Crippen LogP contribution is -2.38. The lowest BCUT2D eigenvalue weighted by atomic mass is 10.0. The van der Waals surface area contributed by atoms with Crippen LogP contribution in [0.2, 0.25) is 0 Å². The smallest absolute Gasteiger partial charge is 0.273 e. The Bertz CT molecular complexity index is 816. The summed E-state index contributed by atoms with van der Waals surface area (Å²) in [5, 5.41) is 21.0. The van der Waals surface area contributed by atoms with Crippen molar-refractivity contribution in [2.45, 2.75) is 18.9 Å². The summed E-state index contributed by atoms with van der Waals surface area (Å²) in [7, 11) is 0. The molecule has 0 amide bonds. The van der Waals surface area contributed by atoms with Gasteiger partial charge in [0.2, 0.25) is 0 Å². The molecule has 3 rings (SSSR count). The van der Waals surface area contributed by atoms with Gasteiger partial charge in [-0.05, 0) is 30.5 Å². The van der Waals surface area contributed by atoms with Gasteiger partial charge < -0.3 is 14.7 Å². The molecule has 2 aromatic rings. The first-order valence-corrected chi connectivity index (χ1v) is 8.22. The highest BCUT2D eigenvalue weighted by atomic mass is 19.2. The van der Waals surface area contributed by atoms with Crippen molar-refractivity contribution in [3.05, 3.63) is 63.7 Å². The van der Waals surface area contributed by atoms with Crippen LogP contribution in [0.3, 0.4) is 0 Å². The van der Waals surface area contributed by atoms with Gasteiger partial charge >= 0.3 is 0 Å². The second-order valence-electron chi connectivity index (χ2n) is 6.16. The Hall–Kier alpha value is -2.74. The van der Waals surface area contributed by atoms with Crippen molar-refractivity contribution in [1.82, 2.24) is 0 Å². The summed E-state index contributed by atoms with van der Waals surface area (Å²) in [6, 6.07) is 8.04. The van der Waals surface area contributed by atoms with E-state index >= 15 is 0 Å². The maximum absolute atomic E-state index is 13.5. The Kier molecular flexibility index (Phi) is 5.32. The lowest BCUT2D eigenvalue weighted by Gasteiger charge is -2.33. The molecular weight excluding hydrogens is 346 g/mol. The van der Waals surface area contributed by atoms with E-state index in [4.69, 9.17) is 4.74 Å². The molecule has 1 aliphatic heterocycles. The lowest BCUT2D eigenvalue weighted by molar-refractivity contribution is -0.384. The number of nitro benzene ring substituents is 1. The Balaban J connectivity index is 1.63. The fourth-order valence-corrected chi connectivity index (χ4v) is 3.03. The van der Waals surface area contributed by atoms with Gasteiger partial charge in [-0.15, -0.1) is 0 Å². The van der Waals surface area contributed by atoms with Crippen molar-refractivity contribution in [2.24, 2.45) is 0 Å². The van der Waals surface area contributed by atoms with Gasteiger partial charge in [-0.1, -0.05) is 6.07 Å². The predicted molar refractivity (Wildman–Crippen MR) is 91.5 cm³/mol. The summed E-state index contributed by atoms with van der Waals surface area (Å²) in [5.41, 5.74) is 1.19. The summed E-state index contributed by atoms with van der Waals surface area (Å²) >= 11 is 0. The van der Waals surface area contributed by atoms with Crippen molar-refractivity contribution in [1.29, 1.82) is 0 Å². The molecule has 0 saturated heterocycles. The van der Waals surface area contributed by atoms with E-state index in [1.165, 1.54) is 24.3 Å². The van der Waals surface area contributed by atoms with Crippen LogP contribution in [0, 0.1) is 21.7 Å². The number of benzene rings is 2. The van der Waals surface area contributed by atoms with Gasteiger partial charge in [0, 0.05) is 30.9 Å². The SMILES string of the molecule is O=[N+]([O-])c1cccc(OC[C@H](O)CN2CCCc3cc(F)c(F)cc32)c1. The molecular formula is C18H18F2N2O4. The first-order chi connectivity index (χ1) is 12.4. The Morgan fingerprint density at radius 3 is 2.81 bits per heavy atom. The molecule has 1 N–H and O–H groups in total. The predicted octanol–water partition coefficient (Wildman–Crippen LogP) is 3.07. The van der Waals surface area contributed by atoms with E-state index in [2.05, 4.69) is 0 Å². The third-order valence-corrected chi connectivity index (χ3v) is 4.24. The molecule has 1 aliphatic rings. The Morgan fingerprint density at radius 1 is 1.27 bits per heavy atom. The first kappa shape index (κ1) is 18.1. The topological polar surface area (TPSA) is 75.8 Å². The van der Waals surface area contributed by atoms with Gasteiger partial charge in [-0.2, -0.15) is 0 Å². The number of anilines is 1. The van der Waals surface area contributed by atoms with Gasteiger partial charge in [0.15, 0.2) is 11.6 Å². The van der Waals surface area contributed by atoms with E-state index < -0.39 is 22.7 Å². The summed E-state index contributed by atoms with van der Waals surface area (Å²) in [4.78, 5) is 12.0. The molecule has 1 heterocycles. The number of non-ortho nitro benzene ring substituents is 1. The number of aliphatic hydroxyl groups is 1. The number of rotatable bonds is 6. The van der Waals surface area contributed by atoms with E-state index in [-0.39, 0.29) is 24.6 Å². The van der Waals surface area contributed by atoms with Crippen LogP contribution >= 0.6 is 0 Å². The number of hydrogen-bond donors (Lipinski definition) is 1. The van der Waals surface area contributed by atoms with Gasteiger partial charge in [0.05, 0.1) is 11.0 Å². The highest BCUT2D eigenvalue weighted by Crippen LogP contribution is 2.29. The molecule has 0 saturated carbocycles. The number of hydrogen-bond acceptors (Lipinski definition) is 5. The molecule has 1 atom stereocenters. The minimum atomic E-state index is -0.919. The molecule has 2 aromatic carbocycles. The van der Waals surface area contributed by atoms with E-state index in [0.717, 1.165) is 12.5 Å². The second kappa shape index (κ2) is 7.65. The summed E-state index contributed by atoms with van der Waals surface area (Å²) in [6.45, 7) is 0.732. The molecule has 0 aliphatic carbocycles. The monoisotopic (exact) mass is 364 g/mol. The molecule has 8 heteroatoms. The summed E-state index contributed by atoms with van der Waals surface area (Å²) in [5.74, 6) is -1.51. The fraction of sp³-hybridized carbons (Fsp3) is 0.333. The standard InChI is InChI=1S/C18H18F2N2O4/c19-16-7-12-3-2-6-21(18(12)9-17(16)20)10-14(23)11-26-15-5-1-4-13(8-15)22(24)25/h1,4-5,7-9,14,23H,2-3,6,10-11H2/t14-/m1/s1. The minimum absolute atomic E-state index is 0.0727. The Morgan fingerprint density at radius 2 is 2.04 bits per heavy atom. The maximum atomic E-state index is 13.5. The number of ether oxygens (including phenoxy) is 1. The third-order valence-electron chi connectivity index (χ3n) is 4.24. The van der Waals surface area contributed by atoms with Crippen LogP contribution in [0.4, 0.5) is 20.2 Å². The average molecular weight is 364 g/mol.